The van der Waals surface area contributed by atoms with Crippen LogP contribution in [0.3, 0.4) is 0 Å². The first-order valence-electron chi connectivity index (χ1n) is 1.81. The number of rotatable bonds is 1. The van der Waals surface area contributed by atoms with Gasteiger partial charge in [0.05, 0.1) is 0 Å². The summed E-state index contributed by atoms with van der Waals surface area (Å²) in [6, 6.07) is 0. The molecule has 0 aliphatic rings. The first-order chi connectivity index (χ1) is 4.11. The van der Waals surface area contributed by atoms with Crippen molar-refractivity contribution in [1.82, 2.24) is 10.2 Å². The Morgan fingerprint density at radius 1 is 1.67 bits per heavy atom. The Morgan fingerprint density at radius 3 is 2.56 bits per heavy atom. The zero-order chi connectivity index (χ0) is 6.91. The first kappa shape index (κ1) is 6.56. The summed E-state index contributed by atoms with van der Waals surface area (Å²) in [7, 11) is -4.61. The van der Waals surface area contributed by atoms with Crippen molar-refractivity contribution in [2.24, 2.45) is 0 Å². The highest BCUT2D eigenvalue weighted by molar-refractivity contribution is 7.88. The van der Waals surface area contributed by atoms with E-state index in [2.05, 4.69) is 10.2 Å². The minimum Gasteiger partial charge on any atom is -0.187 e. The van der Waals surface area contributed by atoms with E-state index in [0.717, 1.165) is 5.51 Å². The van der Waals surface area contributed by atoms with Crippen molar-refractivity contribution in [2.75, 3.05) is 0 Å². The molecular formula is C2HFN2O2S2. The summed E-state index contributed by atoms with van der Waals surface area (Å²) in [5.41, 5.74) is 1.15. The van der Waals surface area contributed by atoms with E-state index >= 15 is 0 Å². The summed E-state index contributed by atoms with van der Waals surface area (Å²) in [6.45, 7) is 0. The molecule has 0 aromatic carbocycles. The fraction of sp³-hybridized carbons (Fsp3) is 0. The van der Waals surface area contributed by atoms with E-state index in [0.29, 0.717) is 11.3 Å². The van der Waals surface area contributed by atoms with Crippen LogP contribution in [0.15, 0.2) is 9.85 Å². The molecule has 0 saturated carbocycles. The largest absolute Gasteiger partial charge is 0.361 e. The Hall–Kier alpha value is -0.560. The van der Waals surface area contributed by atoms with Gasteiger partial charge in [0, 0.05) is 0 Å². The average molecular weight is 168 g/mol. The van der Waals surface area contributed by atoms with Crippen LogP contribution in [0.4, 0.5) is 3.89 Å². The third kappa shape index (κ3) is 1.42. The lowest BCUT2D eigenvalue weighted by Crippen LogP contribution is -1.89. The lowest BCUT2D eigenvalue weighted by molar-refractivity contribution is 0.550. The maximum atomic E-state index is 11.8. The SMILES string of the molecule is O=S(=O)(F)c1nncs1. The fourth-order valence-corrected chi connectivity index (χ4v) is 1.28. The van der Waals surface area contributed by atoms with Crippen LogP contribution in [0, 0.1) is 0 Å². The topological polar surface area (TPSA) is 59.9 Å². The zero-order valence-electron chi connectivity index (χ0n) is 3.98. The first-order valence-corrected chi connectivity index (χ1v) is 4.08. The molecule has 1 rings (SSSR count). The lowest BCUT2D eigenvalue weighted by Gasteiger charge is -1.78. The summed E-state index contributed by atoms with van der Waals surface area (Å²) >= 11 is 0.645. The van der Waals surface area contributed by atoms with Crippen molar-refractivity contribution in [3.05, 3.63) is 5.51 Å². The molecule has 0 atom stereocenters. The molecule has 50 valence electrons. The quantitative estimate of drug-likeness (QED) is 0.562. The van der Waals surface area contributed by atoms with E-state index in [-0.39, 0.29) is 0 Å². The molecule has 1 heterocycles. The molecule has 0 bridgehead atoms. The van der Waals surface area contributed by atoms with Gasteiger partial charge < -0.3 is 0 Å². The van der Waals surface area contributed by atoms with Crippen molar-refractivity contribution in [3.63, 3.8) is 0 Å². The molecule has 0 fully saturated rings. The van der Waals surface area contributed by atoms with Crippen LogP contribution < -0.4 is 0 Å². The van der Waals surface area contributed by atoms with Crippen LogP contribution in [-0.4, -0.2) is 18.6 Å². The number of aromatic nitrogens is 2. The van der Waals surface area contributed by atoms with Gasteiger partial charge in [-0.3, -0.25) is 0 Å². The van der Waals surface area contributed by atoms with Crippen molar-refractivity contribution >= 4 is 21.6 Å². The van der Waals surface area contributed by atoms with Gasteiger partial charge in [-0.25, -0.2) is 0 Å². The van der Waals surface area contributed by atoms with Gasteiger partial charge in [0.1, 0.15) is 5.51 Å². The molecule has 0 aliphatic carbocycles. The Morgan fingerprint density at radius 2 is 2.33 bits per heavy atom. The monoisotopic (exact) mass is 168 g/mol. The van der Waals surface area contributed by atoms with Gasteiger partial charge >= 0.3 is 10.2 Å². The molecular weight excluding hydrogens is 167 g/mol. The number of hydrogen-bond acceptors (Lipinski definition) is 5. The molecule has 1 aromatic heterocycles. The molecule has 7 heteroatoms. The van der Waals surface area contributed by atoms with Crippen LogP contribution in [0.2, 0.25) is 0 Å². The number of hydrogen-bond donors (Lipinski definition) is 0. The van der Waals surface area contributed by atoms with E-state index in [1.54, 1.807) is 0 Å². The summed E-state index contributed by atoms with van der Waals surface area (Å²) in [5.74, 6) is 0. The third-order valence-corrected chi connectivity index (χ3v) is 2.42. The number of nitrogens with zero attached hydrogens (tertiary/aromatic N) is 2. The maximum absolute atomic E-state index is 11.8. The Kier molecular flexibility index (Phi) is 1.45. The predicted octanol–water partition coefficient (Wildman–Crippen LogP) is 0.196. The smallest absolute Gasteiger partial charge is 0.187 e. The highest BCUT2D eigenvalue weighted by atomic mass is 32.3. The molecule has 0 aliphatic heterocycles. The summed E-state index contributed by atoms with van der Waals surface area (Å²) in [6.07, 6.45) is 0. The fourth-order valence-electron chi connectivity index (χ4n) is 0.269. The minimum absolute atomic E-state index is 0.595. The molecule has 0 spiro atoms. The van der Waals surface area contributed by atoms with Gasteiger partial charge in [-0.05, 0) is 0 Å². The van der Waals surface area contributed by atoms with Gasteiger partial charge in [0.15, 0.2) is 0 Å². The normalized spacial score (nSPS) is 11.7. The van der Waals surface area contributed by atoms with Crippen LogP contribution >= 0.6 is 11.3 Å². The number of halogens is 1. The Labute approximate surface area is 54.6 Å². The molecule has 4 nitrogen and oxygen atoms in total. The van der Waals surface area contributed by atoms with Gasteiger partial charge in [0.2, 0.25) is 0 Å². The second-order valence-corrected chi connectivity index (χ2v) is 3.50. The van der Waals surface area contributed by atoms with Gasteiger partial charge in [0.25, 0.3) is 4.34 Å². The van der Waals surface area contributed by atoms with E-state index in [9.17, 15) is 12.3 Å². The standard InChI is InChI=1S/C2HFN2O2S2/c3-9(6,7)2-5-4-1-8-2/h1H. The van der Waals surface area contributed by atoms with E-state index in [1.165, 1.54) is 0 Å². The van der Waals surface area contributed by atoms with E-state index in [4.69, 9.17) is 0 Å². The van der Waals surface area contributed by atoms with Crippen LogP contribution in [0.25, 0.3) is 0 Å². The average Bonchev–Trinajstić information content (AvgIpc) is 2.08. The third-order valence-electron chi connectivity index (χ3n) is 0.549. The van der Waals surface area contributed by atoms with Gasteiger partial charge in [-0.15, -0.1) is 10.2 Å². The molecule has 0 amide bonds. The van der Waals surface area contributed by atoms with Gasteiger partial charge in [-0.1, -0.05) is 15.2 Å². The second-order valence-electron chi connectivity index (χ2n) is 1.14. The molecule has 0 radical (unpaired) electrons. The van der Waals surface area contributed by atoms with Crippen LogP contribution in [0.5, 0.6) is 0 Å². The summed E-state index contributed by atoms with van der Waals surface area (Å²) in [4.78, 5) is 0. The van der Waals surface area contributed by atoms with Crippen molar-refractivity contribution in [2.45, 2.75) is 4.34 Å². The molecule has 0 unspecified atom stereocenters. The molecule has 1 aromatic rings. The summed E-state index contributed by atoms with van der Waals surface area (Å²) in [5, 5.41) is 6.13. The van der Waals surface area contributed by atoms with Crippen molar-refractivity contribution in [1.29, 1.82) is 0 Å². The van der Waals surface area contributed by atoms with Crippen molar-refractivity contribution < 1.29 is 12.3 Å². The van der Waals surface area contributed by atoms with E-state index in [1.807, 2.05) is 0 Å². The molecule has 0 N–H and O–H groups in total. The van der Waals surface area contributed by atoms with Crippen LogP contribution in [-0.2, 0) is 10.2 Å². The molecule has 0 saturated heterocycles. The second kappa shape index (κ2) is 1.99. The highest BCUT2D eigenvalue weighted by Gasteiger charge is 2.14. The minimum atomic E-state index is -4.61. The Bertz CT molecular complexity index is 278. The van der Waals surface area contributed by atoms with Crippen LogP contribution in [0.1, 0.15) is 0 Å². The molecule has 9 heavy (non-hydrogen) atoms. The van der Waals surface area contributed by atoms with Crippen molar-refractivity contribution in [3.8, 4) is 0 Å². The van der Waals surface area contributed by atoms with E-state index < -0.39 is 14.6 Å². The lowest BCUT2D eigenvalue weighted by atomic mass is 11.6. The Balaban J connectivity index is 3.20. The van der Waals surface area contributed by atoms with Gasteiger partial charge in [-0.2, -0.15) is 8.42 Å². The maximum Gasteiger partial charge on any atom is 0.361 e. The zero-order valence-corrected chi connectivity index (χ0v) is 5.62. The summed E-state index contributed by atoms with van der Waals surface area (Å²) < 4.78 is 31.1. The highest BCUT2D eigenvalue weighted by Crippen LogP contribution is 2.11. The predicted molar refractivity (Wildman–Crippen MR) is 28.2 cm³/mol.